The van der Waals surface area contributed by atoms with Crippen molar-refractivity contribution in [3.05, 3.63) is 0 Å². The smallest absolute Gasteiger partial charge is 0.249 e. The Morgan fingerprint density at radius 2 is 1.75 bits per heavy atom. The van der Waals surface area contributed by atoms with Gasteiger partial charge < -0.3 is 16.2 Å². The van der Waals surface area contributed by atoms with E-state index in [1.807, 2.05) is 13.8 Å². The van der Waals surface area contributed by atoms with Gasteiger partial charge in [-0.05, 0) is 18.3 Å². The van der Waals surface area contributed by atoms with Gasteiger partial charge in [0.25, 0.3) is 0 Å². The molecule has 4 N–H and O–H groups in total. The number of carbonyl (C=O) groups excluding carboxylic acids is 2. The molecule has 2 amide bonds. The van der Waals surface area contributed by atoms with Gasteiger partial charge in [-0.2, -0.15) is 0 Å². The Morgan fingerprint density at radius 3 is 2.06 bits per heavy atom. The zero-order valence-electron chi connectivity index (χ0n) is 10.4. The van der Waals surface area contributed by atoms with Crippen LogP contribution in [0, 0.1) is 11.8 Å². The number of aliphatic hydroxyl groups excluding tert-OH is 1. The van der Waals surface area contributed by atoms with Gasteiger partial charge in [-0.3, -0.25) is 9.59 Å². The van der Waals surface area contributed by atoms with E-state index in [1.54, 1.807) is 13.8 Å². The number of nitrogens with two attached hydrogens (primary N) is 1. The van der Waals surface area contributed by atoms with Crippen molar-refractivity contribution in [3.63, 3.8) is 0 Å². The van der Waals surface area contributed by atoms with Crippen LogP contribution in [0.3, 0.4) is 0 Å². The Balaban J connectivity index is 4.35. The molecule has 0 unspecified atom stereocenters. The SMILES string of the molecule is CC(C)C[C@@H](O)C(=O)N[C@@H](C(N)=O)C(C)C. The average Bonchev–Trinajstić information content (AvgIpc) is 2.11. The minimum Gasteiger partial charge on any atom is -0.383 e. The van der Waals surface area contributed by atoms with Gasteiger partial charge in [-0.1, -0.05) is 27.7 Å². The van der Waals surface area contributed by atoms with Crippen LogP contribution in [0.4, 0.5) is 0 Å². The highest BCUT2D eigenvalue weighted by Gasteiger charge is 2.25. The Labute approximate surface area is 96.4 Å². The molecule has 0 aliphatic rings. The third-order valence-electron chi connectivity index (χ3n) is 2.27. The van der Waals surface area contributed by atoms with E-state index >= 15 is 0 Å². The first-order chi connectivity index (χ1) is 7.25. The Morgan fingerprint density at radius 1 is 1.25 bits per heavy atom. The minimum atomic E-state index is -1.08. The highest BCUT2D eigenvalue weighted by atomic mass is 16.3. The molecule has 0 aliphatic heterocycles. The molecule has 0 rings (SSSR count). The maximum absolute atomic E-state index is 11.5. The molecule has 16 heavy (non-hydrogen) atoms. The van der Waals surface area contributed by atoms with Crippen LogP contribution in [0.1, 0.15) is 34.1 Å². The van der Waals surface area contributed by atoms with Crippen molar-refractivity contribution in [3.8, 4) is 0 Å². The number of carbonyl (C=O) groups is 2. The van der Waals surface area contributed by atoms with Gasteiger partial charge in [0, 0.05) is 0 Å². The molecule has 0 saturated heterocycles. The Kier molecular flexibility index (Phi) is 6.03. The van der Waals surface area contributed by atoms with Crippen LogP contribution in [0.5, 0.6) is 0 Å². The summed E-state index contributed by atoms with van der Waals surface area (Å²) in [6.07, 6.45) is -0.712. The lowest BCUT2D eigenvalue weighted by atomic mass is 10.0. The number of hydrogen-bond acceptors (Lipinski definition) is 3. The zero-order chi connectivity index (χ0) is 12.9. The van der Waals surface area contributed by atoms with Crippen LogP contribution >= 0.6 is 0 Å². The summed E-state index contributed by atoms with van der Waals surface area (Å²) in [5, 5.41) is 12.0. The third kappa shape index (κ3) is 5.11. The largest absolute Gasteiger partial charge is 0.383 e. The Hall–Kier alpha value is -1.10. The van der Waals surface area contributed by atoms with Crippen molar-refractivity contribution >= 4 is 11.8 Å². The molecule has 0 aliphatic carbocycles. The standard InChI is InChI=1S/C11H22N2O3/c1-6(2)5-8(14)11(16)13-9(7(3)4)10(12)15/h6-9,14H,5H2,1-4H3,(H2,12,15)(H,13,16)/t8-,9-/m1/s1. The van der Waals surface area contributed by atoms with Gasteiger partial charge in [0.05, 0.1) is 0 Å². The van der Waals surface area contributed by atoms with Crippen LogP contribution in [-0.4, -0.2) is 29.1 Å². The fraction of sp³-hybridized carbons (Fsp3) is 0.818. The molecule has 5 nitrogen and oxygen atoms in total. The van der Waals surface area contributed by atoms with Crippen molar-refractivity contribution in [2.24, 2.45) is 17.6 Å². The first kappa shape index (κ1) is 14.9. The number of aliphatic hydroxyl groups is 1. The number of rotatable bonds is 6. The predicted molar refractivity (Wildman–Crippen MR) is 61.4 cm³/mol. The molecule has 5 heteroatoms. The fourth-order valence-corrected chi connectivity index (χ4v) is 1.37. The van der Waals surface area contributed by atoms with Crippen molar-refractivity contribution in [2.75, 3.05) is 0 Å². The lowest BCUT2D eigenvalue weighted by Crippen LogP contribution is -2.50. The van der Waals surface area contributed by atoms with Crippen molar-refractivity contribution in [2.45, 2.75) is 46.3 Å². The van der Waals surface area contributed by atoms with Gasteiger partial charge >= 0.3 is 0 Å². The Bertz CT molecular complexity index is 252. The predicted octanol–water partition coefficient (Wildman–Crippen LogP) is 0.0195. The van der Waals surface area contributed by atoms with Gasteiger partial charge in [-0.15, -0.1) is 0 Å². The van der Waals surface area contributed by atoms with Crippen molar-refractivity contribution in [1.29, 1.82) is 0 Å². The van der Waals surface area contributed by atoms with Crippen molar-refractivity contribution in [1.82, 2.24) is 5.32 Å². The van der Waals surface area contributed by atoms with E-state index in [9.17, 15) is 14.7 Å². The summed E-state index contributed by atoms with van der Waals surface area (Å²) in [7, 11) is 0. The number of primary amides is 1. The molecule has 0 aromatic rings. The molecule has 0 radical (unpaired) electrons. The van der Waals surface area contributed by atoms with Gasteiger partial charge in [0.2, 0.25) is 11.8 Å². The highest BCUT2D eigenvalue weighted by molar-refractivity contribution is 5.88. The van der Waals surface area contributed by atoms with E-state index < -0.39 is 24.0 Å². The van der Waals surface area contributed by atoms with E-state index in [4.69, 9.17) is 5.73 Å². The molecule has 0 saturated carbocycles. The number of hydrogen-bond donors (Lipinski definition) is 3. The lowest BCUT2D eigenvalue weighted by Gasteiger charge is -2.21. The lowest BCUT2D eigenvalue weighted by molar-refractivity contribution is -0.134. The van der Waals surface area contributed by atoms with Crippen LogP contribution in [0.2, 0.25) is 0 Å². The molecule has 0 heterocycles. The molecule has 0 bridgehead atoms. The summed E-state index contributed by atoms with van der Waals surface area (Å²) in [6, 6.07) is -0.727. The molecular weight excluding hydrogens is 208 g/mol. The molecular formula is C11H22N2O3. The topological polar surface area (TPSA) is 92.4 Å². The maximum Gasteiger partial charge on any atom is 0.249 e. The fourth-order valence-electron chi connectivity index (χ4n) is 1.37. The summed E-state index contributed by atoms with van der Waals surface area (Å²) in [4.78, 5) is 22.6. The number of nitrogens with one attached hydrogen (secondary N) is 1. The molecule has 2 atom stereocenters. The average molecular weight is 230 g/mol. The molecule has 0 spiro atoms. The first-order valence-corrected chi connectivity index (χ1v) is 5.53. The minimum absolute atomic E-state index is 0.0901. The van der Waals surface area contributed by atoms with E-state index in [0.29, 0.717) is 6.42 Å². The van der Waals surface area contributed by atoms with Crippen LogP contribution in [-0.2, 0) is 9.59 Å². The second kappa shape index (κ2) is 6.48. The van der Waals surface area contributed by atoms with Gasteiger partial charge in [0.1, 0.15) is 12.1 Å². The van der Waals surface area contributed by atoms with E-state index in [2.05, 4.69) is 5.32 Å². The summed E-state index contributed by atoms with van der Waals surface area (Å²) >= 11 is 0. The van der Waals surface area contributed by atoms with E-state index in [0.717, 1.165) is 0 Å². The van der Waals surface area contributed by atoms with Crippen molar-refractivity contribution < 1.29 is 14.7 Å². The van der Waals surface area contributed by atoms with Crippen LogP contribution < -0.4 is 11.1 Å². The van der Waals surface area contributed by atoms with E-state index in [1.165, 1.54) is 0 Å². The normalized spacial score (nSPS) is 14.9. The summed E-state index contributed by atoms with van der Waals surface area (Å²) in [5.41, 5.74) is 5.15. The summed E-state index contributed by atoms with van der Waals surface area (Å²) in [6.45, 7) is 7.38. The molecule has 0 fully saturated rings. The van der Waals surface area contributed by atoms with Gasteiger partial charge in [-0.25, -0.2) is 0 Å². The molecule has 0 aromatic heterocycles. The first-order valence-electron chi connectivity index (χ1n) is 5.53. The monoisotopic (exact) mass is 230 g/mol. The van der Waals surface area contributed by atoms with Crippen LogP contribution in [0.25, 0.3) is 0 Å². The second-order valence-corrected chi connectivity index (χ2v) is 4.78. The number of amides is 2. The molecule has 94 valence electrons. The maximum atomic E-state index is 11.5. The molecule has 0 aromatic carbocycles. The highest BCUT2D eigenvalue weighted by Crippen LogP contribution is 2.06. The van der Waals surface area contributed by atoms with E-state index in [-0.39, 0.29) is 11.8 Å². The second-order valence-electron chi connectivity index (χ2n) is 4.78. The zero-order valence-corrected chi connectivity index (χ0v) is 10.4. The summed E-state index contributed by atoms with van der Waals surface area (Å²) in [5.74, 6) is -0.995. The third-order valence-corrected chi connectivity index (χ3v) is 2.27. The van der Waals surface area contributed by atoms with Crippen LogP contribution in [0.15, 0.2) is 0 Å². The quantitative estimate of drug-likeness (QED) is 0.600. The summed E-state index contributed by atoms with van der Waals surface area (Å²) < 4.78 is 0. The van der Waals surface area contributed by atoms with Gasteiger partial charge in [0.15, 0.2) is 0 Å².